The number of nitrogens with one attached hydrogen (secondary N) is 2. The van der Waals surface area contributed by atoms with Crippen LogP contribution in [0.2, 0.25) is 0 Å². The Kier molecular flexibility index (Phi) is 5.96. The Morgan fingerprint density at radius 1 is 1.44 bits per heavy atom. The molecule has 1 aromatic carbocycles. The molecular formula is C18H23N5O4. The monoisotopic (exact) mass is 373 g/mol. The first-order chi connectivity index (χ1) is 12.7. The maximum atomic E-state index is 12.3. The van der Waals surface area contributed by atoms with E-state index in [0.717, 1.165) is 5.70 Å². The van der Waals surface area contributed by atoms with E-state index < -0.39 is 16.4 Å². The van der Waals surface area contributed by atoms with Gasteiger partial charge >= 0.3 is 0 Å². The Hall–Kier alpha value is -3.20. The molecule has 0 aliphatic carbocycles. The molecule has 0 spiro atoms. The summed E-state index contributed by atoms with van der Waals surface area (Å²) in [6.45, 7) is 10.4. The molecule has 0 atom stereocenters. The van der Waals surface area contributed by atoms with Crippen LogP contribution in [0.4, 0.5) is 5.69 Å². The van der Waals surface area contributed by atoms with Gasteiger partial charge in [0.05, 0.1) is 17.1 Å². The summed E-state index contributed by atoms with van der Waals surface area (Å²) >= 11 is 0. The van der Waals surface area contributed by atoms with Crippen LogP contribution in [-0.4, -0.2) is 35.4 Å². The number of carbonyl (C=O) groups excluding carboxylic acids is 1. The zero-order valence-electron chi connectivity index (χ0n) is 15.5. The van der Waals surface area contributed by atoms with Crippen molar-refractivity contribution in [2.45, 2.75) is 26.3 Å². The summed E-state index contributed by atoms with van der Waals surface area (Å²) in [5, 5.41) is 17.1. The Bertz CT molecular complexity index is 825. The van der Waals surface area contributed by atoms with Gasteiger partial charge in [-0.3, -0.25) is 14.9 Å². The largest absolute Gasteiger partial charge is 0.480 e. The normalized spacial score (nSPS) is 16.2. The minimum absolute atomic E-state index is 0.0585. The predicted octanol–water partition coefficient (Wildman–Crippen LogP) is 1.83. The zero-order valence-corrected chi connectivity index (χ0v) is 15.5. The highest BCUT2D eigenvalue weighted by molar-refractivity contribution is 6.09. The Morgan fingerprint density at radius 3 is 2.63 bits per heavy atom. The SMILES string of the molecule is C=C(NC1=C(C(N)=NC(=O)c2ccc([N+](=O)[O-])cc2)CNC1(C)C)OCC. The van der Waals surface area contributed by atoms with Crippen LogP contribution in [0.25, 0.3) is 0 Å². The van der Waals surface area contributed by atoms with Crippen molar-refractivity contribution in [3.63, 3.8) is 0 Å². The van der Waals surface area contributed by atoms with Gasteiger partial charge in [-0.2, -0.15) is 4.99 Å². The third kappa shape index (κ3) is 4.70. The van der Waals surface area contributed by atoms with Gasteiger partial charge in [0.1, 0.15) is 5.84 Å². The van der Waals surface area contributed by atoms with E-state index in [2.05, 4.69) is 22.2 Å². The molecule has 9 nitrogen and oxygen atoms in total. The highest BCUT2D eigenvalue weighted by atomic mass is 16.6. The number of ether oxygens (including phenoxy) is 1. The van der Waals surface area contributed by atoms with E-state index in [4.69, 9.17) is 10.5 Å². The average molecular weight is 373 g/mol. The van der Waals surface area contributed by atoms with Crippen LogP contribution in [0.15, 0.2) is 53.0 Å². The third-order valence-corrected chi connectivity index (χ3v) is 4.07. The summed E-state index contributed by atoms with van der Waals surface area (Å²) in [4.78, 5) is 26.5. The van der Waals surface area contributed by atoms with Crippen LogP contribution in [0.5, 0.6) is 0 Å². The summed E-state index contributed by atoms with van der Waals surface area (Å²) in [5.41, 5.74) is 7.09. The molecule has 2 rings (SSSR count). The van der Waals surface area contributed by atoms with Crippen molar-refractivity contribution in [2.75, 3.05) is 13.2 Å². The number of amides is 1. The van der Waals surface area contributed by atoms with Crippen LogP contribution in [0, 0.1) is 10.1 Å². The lowest BCUT2D eigenvalue weighted by molar-refractivity contribution is -0.384. The lowest BCUT2D eigenvalue weighted by Crippen LogP contribution is -2.40. The lowest BCUT2D eigenvalue weighted by atomic mass is 10.0. The van der Waals surface area contributed by atoms with Crippen molar-refractivity contribution in [3.05, 3.63) is 63.7 Å². The molecular weight excluding hydrogens is 350 g/mol. The fraction of sp³-hybridized carbons (Fsp3) is 0.333. The highest BCUT2D eigenvalue weighted by Gasteiger charge is 2.34. The van der Waals surface area contributed by atoms with Gasteiger partial charge in [0.25, 0.3) is 11.6 Å². The molecule has 0 unspecified atom stereocenters. The first-order valence-corrected chi connectivity index (χ1v) is 8.36. The highest BCUT2D eigenvalue weighted by Crippen LogP contribution is 2.25. The molecule has 0 saturated heterocycles. The maximum Gasteiger partial charge on any atom is 0.278 e. The molecule has 1 amide bonds. The van der Waals surface area contributed by atoms with Gasteiger partial charge < -0.3 is 21.1 Å². The number of carbonyl (C=O) groups is 1. The Labute approximate surface area is 157 Å². The number of nitro benzene ring substituents is 1. The number of benzene rings is 1. The van der Waals surface area contributed by atoms with Gasteiger partial charge in [-0.05, 0) is 39.5 Å². The Balaban J connectivity index is 2.29. The molecule has 0 fully saturated rings. The number of nitrogens with two attached hydrogens (primary N) is 1. The molecule has 144 valence electrons. The second kappa shape index (κ2) is 8.00. The number of nitrogens with zero attached hydrogens (tertiary/aromatic N) is 2. The molecule has 0 radical (unpaired) electrons. The van der Waals surface area contributed by atoms with E-state index in [1.54, 1.807) is 0 Å². The van der Waals surface area contributed by atoms with E-state index >= 15 is 0 Å². The van der Waals surface area contributed by atoms with E-state index in [0.29, 0.717) is 24.6 Å². The molecule has 27 heavy (non-hydrogen) atoms. The minimum atomic E-state index is -0.581. The number of aliphatic imine (C=N–C) groups is 1. The number of amidine groups is 1. The van der Waals surface area contributed by atoms with Crippen LogP contribution in [0.1, 0.15) is 31.1 Å². The quantitative estimate of drug-likeness (QED) is 0.218. The molecule has 1 heterocycles. The van der Waals surface area contributed by atoms with Crippen LogP contribution in [0.3, 0.4) is 0 Å². The van der Waals surface area contributed by atoms with Gasteiger partial charge in [0.15, 0.2) is 5.88 Å². The fourth-order valence-electron chi connectivity index (χ4n) is 2.63. The molecule has 0 saturated carbocycles. The van der Waals surface area contributed by atoms with Gasteiger partial charge in [-0.1, -0.05) is 0 Å². The fourth-order valence-corrected chi connectivity index (χ4v) is 2.63. The van der Waals surface area contributed by atoms with Crippen LogP contribution < -0.4 is 16.4 Å². The number of nitro groups is 1. The smallest absolute Gasteiger partial charge is 0.278 e. The first-order valence-electron chi connectivity index (χ1n) is 8.36. The van der Waals surface area contributed by atoms with Crippen LogP contribution >= 0.6 is 0 Å². The number of hydrogen-bond donors (Lipinski definition) is 3. The van der Waals surface area contributed by atoms with Gasteiger partial charge in [0.2, 0.25) is 0 Å². The summed E-state index contributed by atoms with van der Waals surface area (Å²) < 4.78 is 5.34. The van der Waals surface area contributed by atoms with E-state index in [1.165, 1.54) is 24.3 Å². The van der Waals surface area contributed by atoms with Gasteiger partial charge in [0, 0.05) is 35.5 Å². The molecule has 9 heteroatoms. The standard InChI is InChI=1S/C18H23N5O4/c1-5-27-11(2)21-15-14(10-20-18(15,3)4)16(19)22-17(24)12-6-8-13(9-7-12)23(25)26/h6-9,20-21H,2,5,10H2,1,3-4H3,(H2,19,22,24). The van der Waals surface area contributed by atoms with Crippen molar-refractivity contribution in [1.29, 1.82) is 0 Å². The first kappa shape index (κ1) is 20.1. The summed E-state index contributed by atoms with van der Waals surface area (Å²) in [7, 11) is 0. The van der Waals surface area contributed by atoms with E-state index in [1.807, 2.05) is 20.8 Å². The summed E-state index contributed by atoms with van der Waals surface area (Å²) in [6, 6.07) is 5.19. The van der Waals surface area contributed by atoms with Gasteiger partial charge in [-0.25, -0.2) is 0 Å². The lowest BCUT2D eigenvalue weighted by Gasteiger charge is -2.25. The predicted molar refractivity (Wildman–Crippen MR) is 102 cm³/mol. The zero-order chi connectivity index (χ0) is 20.2. The maximum absolute atomic E-state index is 12.3. The number of rotatable bonds is 7. The molecule has 0 aromatic heterocycles. The molecule has 0 bridgehead atoms. The second-order valence-corrected chi connectivity index (χ2v) is 6.42. The van der Waals surface area contributed by atoms with Crippen molar-refractivity contribution in [2.24, 2.45) is 10.7 Å². The summed E-state index contributed by atoms with van der Waals surface area (Å²) in [5.74, 6) is -0.151. The number of non-ortho nitro benzene ring substituents is 1. The minimum Gasteiger partial charge on any atom is -0.480 e. The summed E-state index contributed by atoms with van der Waals surface area (Å²) in [6.07, 6.45) is 0. The van der Waals surface area contributed by atoms with Crippen molar-refractivity contribution >= 4 is 17.4 Å². The Morgan fingerprint density at radius 2 is 2.07 bits per heavy atom. The third-order valence-electron chi connectivity index (χ3n) is 4.07. The van der Waals surface area contributed by atoms with Crippen molar-refractivity contribution in [3.8, 4) is 0 Å². The molecule has 1 aliphatic heterocycles. The number of hydrogen-bond acceptors (Lipinski definition) is 6. The van der Waals surface area contributed by atoms with Crippen LogP contribution in [-0.2, 0) is 4.74 Å². The van der Waals surface area contributed by atoms with Crippen molar-refractivity contribution < 1.29 is 14.5 Å². The van der Waals surface area contributed by atoms with Crippen molar-refractivity contribution in [1.82, 2.24) is 10.6 Å². The molecule has 1 aromatic rings. The van der Waals surface area contributed by atoms with E-state index in [9.17, 15) is 14.9 Å². The van der Waals surface area contributed by atoms with E-state index in [-0.39, 0.29) is 17.1 Å². The molecule has 1 aliphatic rings. The average Bonchev–Trinajstić information content (AvgIpc) is 2.90. The second-order valence-electron chi connectivity index (χ2n) is 6.42. The van der Waals surface area contributed by atoms with Gasteiger partial charge in [-0.15, -0.1) is 0 Å². The topological polar surface area (TPSA) is 132 Å². The molecule has 4 N–H and O–H groups in total.